The van der Waals surface area contributed by atoms with Crippen molar-refractivity contribution in [1.82, 2.24) is 9.88 Å². The van der Waals surface area contributed by atoms with E-state index in [9.17, 15) is 4.79 Å². The molecule has 2 atom stereocenters. The summed E-state index contributed by atoms with van der Waals surface area (Å²) in [6.45, 7) is 5.34. The SMILES string of the molecule is C[C@@H]1CN(C)[C@H](C)c2c1oc1ccc(NC(=O)c3ncoc3-c3cccs3)cc21. The van der Waals surface area contributed by atoms with Gasteiger partial charge in [-0.3, -0.25) is 9.69 Å². The van der Waals surface area contributed by atoms with Gasteiger partial charge >= 0.3 is 0 Å². The lowest BCUT2D eigenvalue weighted by atomic mass is 9.92. The van der Waals surface area contributed by atoms with Crippen molar-refractivity contribution in [2.75, 3.05) is 18.9 Å². The maximum atomic E-state index is 12.9. The molecule has 0 saturated carbocycles. The second-order valence-electron chi connectivity index (χ2n) is 7.57. The Labute approximate surface area is 172 Å². The number of nitrogens with one attached hydrogen (secondary N) is 1. The Bertz CT molecular complexity index is 1190. The lowest BCUT2D eigenvalue weighted by Gasteiger charge is -2.33. The molecule has 0 aliphatic carbocycles. The quantitative estimate of drug-likeness (QED) is 0.485. The van der Waals surface area contributed by atoms with Gasteiger partial charge in [-0.15, -0.1) is 11.3 Å². The van der Waals surface area contributed by atoms with Gasteiger partial charge in [-0.05, 0) is 43.6 Å². The maximum absolute atomic E-state index is 12.9. The minimum atomic E-state index is -0.294. The molecule has 6 nitrogen and oxygen atoms in total. The minimum Gasteiger partial charge on any atom is -0.460 e. The first kappa shape index (κ1) is 18.1. The summed E-state index contributed by atoms with van der Waals surface area (Å²) in [6.07, 6.45) is 1.30. The van der Waals surface area contributed by atoms with Crippen molar-refractivity contribution in [2.24, 2.45) is 0 Å². The fourth-order valence-electron chi connectivity index (χ4n) is 4.08. The Morgan fingerprint density at radius 2 is 2.17 bits per heavy atom. The number of carbonyl (C=O) groups is 1. The number of fused-ring (bicyclic) bond motifs is 3. The van der Waals surface area contributed by atoms with Crippen LogP contribution < -0.4 is 5.32 Å². The van der Waals surface area contributed by atoms with Gasteiger partial charge in [0, 0.05) is 35.1 Å². The number of likely N-dealkylation sites (N-methyl/N-ethyl adjacent to an activating group) is 1. The van der Waals surface area contributed by atoms with E-state index in [0.717, 1.165) is 28.2 Å². The molecule has 7 heteroatoms. The molecular formula is C22H21N3O3S. The summed E-state index contributed by atoms with van der Waals surface area (Å²) in [7, 11) is 2.13. The van der Waals surface area contributed by atoms with Crippen molar-refractivity contribution in [2.45, 2.75) is 25.8 Å². The largest absolute Gasteiger partial charge is 0.460 e. The topological polar surface area (TPSA) is 71.5 Å². The molecule has 1 aliphatic rings. The predicted molar refractivity (Wildman–Crippen MR) is 113 cm³/mol. The number of aromatic nitrogens is 1. The third-order valence-electron chi connectivity index (χ3n) is 5.63. The normalized spacial score (nSPS) is 19.4. The van der Waals surface area contributed by atoms with E-state index in [-0.39, 0.29) is 17.6 Å². The summed E-state index contributed by atoms with van der Waals surface area (Å²) >= 11 is 1.51. The van der Waals surface area contributed by atoms with Crippen molar-refractivity contribution < 1.29 is 13.6 Å². The van der Waals surface area contributed by atoms with Gasteiger partial charge in [0.1, 0.15) is 11.3 Å². The summed E-state index contributed by atoms with van der Waals surface area (Å²) in [5, 5.41) is 5.94. The van der Waals surface area contributed by atoms with Crippen molar-refractivity contribution in [3.8, 4) is 10.6 Å². The van der Waals surface area contributed by atoms with Crippen LogP contribution in [0.2, 0.25) is 0 Å². The molecule has 29 heavy (non-hydrogen) atoms. The fourth-order valence-corrected chi connectivity index (χ4v) is 4.80. The maximum Gasteiger partial charge on any atom is 0.278 e. The molecule has 4 heterocycles. The number of carbonyl (C=O) groups excluding carboxylic acids is 1. The van der Waals surface area contributed by atoms with Crippen LogP contribution in [0.3, 0.4) is 0 Å². The van der Waals surface area contributed by atoms with Crippen LogP contribution in [-0.4, -0.2) is 29.4 Å². The molecule has 0 fully saturated rings. The second-order valence-corrected chi connectivity index (χ2v) is 8.52. The van der Waals surface area contributed by atoms with Crippen LogP contribution in [-0.2, 0) is 0 Å². The zero-order valence-electron chi connectivity index (χ0n) is 16.4. The summed E-state index contributed by atoms with van der Waals surface area (Å²) in [6, 6.07) is 9.85. The van der Waals surface area contributed by atoms with Crippen molar-refractivity contribution >= 4 is 33.9 Å². The number of amides is 1. The Morgan fingerprint density at radius 1 is 1.31 bits per heavy atom. The van der Waals surface area contributed by atoms with E-state index in [4.69, 9.17) is 8.83 Å². The summed E-state index contributed by atoms with van der Waals surface area (Å²) in [4.78, 5) is 20.2. The Hall–Kier alpha value is -2.90. The second kappa shape index (κ2) is 6.86. The van der Waals surface area contributed by atoms with Gasteiger partial charge in [-0.2, -0.15) is 0 Å². The number of rotatable bonds is 3. The number of nitrogens with zero attached hydrogens (tertiary/aromatic N) is 2. The molecule has 3 aromatic heterocycles. The zero-order chi connectivity index (χ0) is 20.1. The highest BCUT2D eigenvalue weighted by Gasteiger charge is 2.31. The third-order valence-corrected chi connectivity index (χ3v) is 6.50. The highest BCUT2D eigenvalue weighted by molar-refractivity contribution is 7.13. The molecule has 1 aromatic carbocycles. The minimum absolute atomic E-state index is 0.259. The average molecular weight is 407 g/mol. The number of thiophene rings is 1. The molecule has 0 spiro atoms. The number of hydrogen-bond donors (Lipinski definition) is 1. The van der Waals surface area contributed by atoms with E-state index in [1.54, 1.807) is 0 Å². The number of oxazole rings is 1. The molecule has 5 rings (SSSR count). The standard InChI is InChI=1S/C22H21N3O3S/c1-12-10-25(3)13(2)18-15-9-14(6-7-16(15)28-20(12)18)24-22(26)19-21(27-11-23-19)17-5-4-8-29-17/h4-9,11-13H,10H2,1-3H3,(H,24,26)/t12-,13-/m1/s1. The van der Waals surface area contributed by atoms with E-state index in [1.165, 1.54) is 23.3 Å². The number of anilines is 1. The summed E-state index contributed by atoms with van der Waals surface area (Å²) in [5.41, 5.74) is 3.04. The van der Waals surface area contributed by atoms with Gasteiger partial charge in [0.2, 0.25) is 0 Å². The molecule has 4 aromatic rings. The predicted octanol–water partition coefficient (Wildman–Crippen LogP) is 5.51. The van der Waals surface area contributed by atoms with Crippen LogP contribution >= 0.6 is 11.3 Å². The molecular weight excluding hydrogens is 386 g/mol. The summed E-state index contributed by atoms with van der Waals surface area (Å²) in [5.74, 6) is 1.58. The number of hydrogen-bond acceptors (Lipinski definition) is 6. The third kappa shape index (κ3) is 2.97. The molecule has 0 radical (unpaired) electrons. The molecule has 0 saturated heterocycles. The Balaban J connectivity index is 1.49. The lowest BCUT2D eigenvalue weighted by Crippen LogP contribution is -2.31. The van der Waals surface area contributed by atoms with Crippen LogP contribution in [0.5, 0.6) is 0 Å². The van der Waals surface area contributed by atoms with Gasteiger partial charge in [-0.25, -0.2) is 4.98 Å². The fraction of sp³-hybridized carbons (Fsp3) is 0.273. The average Bonchev–Trinajstić information content (AvgIpc) is 3.44. The van der Waals surface area contributed by atoms with E-state index < -0.39 is 0 Å². The summed E-state index contributed by atoms with van der Waals surface area (Å²) < 4.78 is 11.6. The van der Waals surface area contributed by atoms with E-state index in [1.807, 2.05) is 35.7 Å². The van der Waals surface area contributed by atoms with Crippen LogP contribution in [0.15, 0.2) is 50.9 Å². The smallest absolute Gasteiger partial charge is 0.278 e. The molecule has 0 bridgehead atoms. The van der Waals surface area contributed by atoms with Crippen LogP contribution in [0.25, 0.3) is 21.6 Å². The van der Waals surface area contributed by atoms with E-state index in [2.05, 4.69) is 36.1 Å². The highest BCUT2D eigenvalue weighted by atomic mass is 32.1. The first-order valence-corrected chi connectivity index (χ1v) is 10.5. The molecule has 1 amide bonds. The van der Waals surface area contributed by atoms with E-state index in [0.29, 0.717) is 17.4 Å². The highest BCUT2D eigenvalue weighted by Crippen LogP contribution is 2.42. The van der Waals surface area contributed by atoms with Crippen molar-refractivity contribution in [3.05, 3.63) is 59.1 Å². The first-order chi connectivity index (χ1) is 14.0. The van der Waals surface area contributed by atoms with Gasteiger partial charge in [-0.1, -0.05) is 13.0 Å². The van der Waals surface area contributed by atoms with Crippen LogP contribution in [0.1, 0.15) is 47.6 Å². The monoisotopic (exact) mass is 407 g/mol. The number of benzene rings is 1. The van der Waals surface area contributed by atoms with Crippen molar-refractivity contribution in [3.63, 3.8) is 0 Å². The Kier molecular flexibility index (Phi) is 4.29. The zero-order valence-corrected chi connectivity index (χ0v) is 17.2. The Morgan fingerprint density at radius 3 is 2.97 bits per heavy atom. The van der Waals surface area contributed by atoms with Gasteiger partial charge in [0.15, 0.2) is 17.8 Å². The van der Waals surface area contributed by atoms with Gasteiger partial charge in [0.05, 0.1) is 4.88 Å². The molecule has 1 aliphatic heterocycles. The lowest BCUT2D eigenvalue weighted by molar-refractivity contribution is 0.102. The van der Waals surface area contributed by atoms with Crippen LogP contribution in [0, 0.1) is 0 Å². The van der Waals surface area contributed by atoms with E-state index >= 15 is 0 Å². The number of furan rings is 1. The first-order valence-electron chi connectivity index (χ1n) is 9.58. The molecule has 0 unspecified atom stereocenters. The molecule has 1 N–H and O–H groups in total. The van der Waals surface area contributed by atoms with Gasteiger partial charge < -0.3 is 14.2 Å². The van der Waals surface area contributed by atoms with Gasteiger partial charge in [0.25, 0.3) is 5.91 Å². The molecule has 148 valence electrons. The van der Waals surface area contributed by atoms with Crippen molar-refractivity contribution in [1.29, 1.82) is 0 Å². The van der Waals surface area contributed by atoms with Crippen LogP contribution in [0.4, 0.5) is 5.69 Å².